The van der Waals surface area contributed by atoms with Crippen LogP contribution in [-0.2, 0) is 74.9 Å². The van der Waals surface area contributed by atoms with Gasteiger partial charge in [0.1, 0.15) is 6.04 Å². The van der Waals surface area contributed by atoms with Crippen LogP contribution < -0.4 is 49.1 Å². The molecule has 0 aliphatic rings. The third-order valence-electron chi connectivity index (χ3n) is 10.2. The van der Waals surface area contributed by atoms with Crippen LogP contribution in [0.2, 0.25) is 0 Å². The summed E-state index contributed by atoms with van der Waals surface area (Å²) < 4.78 is 11.8. The summed E-state index contributed by atoms with van der Waals surface area (Å²) in [5.41, 5.74) is 20.0. The van der Waals surface area contributed by atoms with Crippen molar-refractivity contribution in [2.45, 2.75) is 129 Å². The minimum Gasteiger partial charge on any atom is -0.481 e. The SMILES string of the molecule is C.C[C@H](CCC(=O)O)NC(=O)NCCCS.C[C@H](CCC(=O)O)NC(=O)NCCc1ccc(N)cc1.C[C@H](CCC(=O)O)NC(=O)NCCc1ccc(N)cc1.NC(CCP(=O)(O)CC(CCC(=O)O)C(=O)O)C(=O)O.O=C=O.O=C=O.O=C=O. The molecule has 0 saturated heterocycles. The number of nitrogens with two attached hydrogens (primary N) is 3. The molecule has 0 radical (unpaired) electrons. The highest BCUT2D eigenvalue weighted by Gasteiger charge is 2.30. The van der Waals surface area contributed by atoms with Gasteiger partial charge in [-0.05, 0) is 113 Å². The Morgan fingerprint density at radius 3 is 1.08 bits per heavy atom. The molecular formula is C51H82N9O23PS. The molecule has 34 heteroatoms. The summed E-state index contributed by atoms with van der Waals surface area (Å²) in [7, 11) is -3.87. The molecule has 480 valence electrons. The first-order valence-corrected chi connectivity index (χ1v) is 27.8. The number of carboxylic acid groups (broad SMARTS) is 6. The van der Waals surface area contributed by atoms with Crippen LogP contribution in [-0.4, -0.2) is 170 Å². The Labute approximate surface area is 496 Å². The van der Waals surface area contributed by atoms with Gasteiger partial charge in [0.2, 0.25) is 7.37 Å². The third-order valence-corrected chi connectivity index (χ3v) is 12.4. The van der Waals surface area contributed by atoms with Gasteiger partial charge in [-0.1, -0.05) is 31.7 Å². The van der Waals surface area contributed by atoms with Crippen molar-refractivity contribution in [3.63, 3.8) is 0 Å². The van der Waals surface area contributed by atoms with E-state index in [2.05, 4.69) is 44.5 Å². The molecule has 0 spiro atoms. The van der Waals surface area contributed by atoms with E-state index in [9.17, 15) is 52.6 Å². The van der Waals surface area contributed by atoms with E-state index >= 15 is 0 Å². The van der Waals surface area contributed by atoms with Crippen LogP contribution in [0.3, 0.4) is 0 Å². The van der Waals surface area contributed by atoms with Crippen molar-refractivity contribution >= 4 is 104 Å². The van der Waals surface area contributed by atoms with E-state index in [-0.39, 0.29) is 94.2 Å². The lowest BCUT2D eigenvalue weighted by Crippen LogP contribution is -2.41. The van der Waals surface area contributed by atoms with Crippen LogP contribution in [0.5, 0.6) is 0 Å². The summed E-state index contributed by atoms with van der Waals surface area (Å²) >= 11 is 4.01. The number of anilines is 2. The van der Waals surface area contributed by atoms with E-state index in [1.54, 1.807) is 20.8 Å². The Bertz CT molecular complexity index is 2290. The van der Waals surface area contributed by atoms with Gasteiger partial charge in [-0.3, -0.25) is 33.3 Å². The summed E-state index contributed by atoms with van der Waals surface area (Å²) in [5, 5.41) is 67.6. The number of hydrogen-bond acceptors (Lipinski definition) is 20. The Morgan fingerprint density at radius 2 is 0.812 bits per heavy atom. The fourth-order valence-corrected chi connectivity index (χ4v) is 7.89. The first-order chi connectivity index (χ1) is 39.3. The lowest BCUT2D eigenvalue weighted by Gasteiger charge is -2.17. The molecule has 0 saturated carbocycles. The number of carbonyl (C=O) groups excluding carboxylic acids is 9. The molecule has 6 atom stereocenters. The number of amides is 6. The molecule has 2 rings (SSSR count). The molecule has 0 aliphatic heterocycles. The Hall–Kier alpha value is -8.69. The summed E-state index contributed by atoms with van der Waals surface area (Å²) in [6, 6.07) is 12.4. The highest BCUT2D eigenvalue weighted by atomic mass is 32.1. The zero-order chi connectivity index (χ0) is 65.6. The number of carboxylic acids is 6. The highest BCUT2D eigenvalue weighted by molar-refractivity contribution is 7.80. The second-order valence-electron chi connectivity index (χ2n) is 17.5. The van der Waals surface area contributed by atoms with Gasteiger partial charge in [0.25, 0.3) is 0 Å². The number of aliphatic carboxylic acids is 6. The number of nitrogens with one attached hydrogen (secondary N) is 6. The van der Waals surface area contributed by atoms with E-state index in [0.29, 0.717) is 50.3 Å². The van der Waals surface area contributed by atoms with Crippen LogP contribution in [0, 0.1) is 5.92 Å². The predicted octanol–water partition coefficient (Wildman–Crippen LogP) is 2.10. The predicted molar refractivity (Wildman–Crippen MR) is 306 cm³/mol. The third kappa shape index (κ3) is 64.3. The second-order valence-corrected chi connectivity index (χ2v) is 20.4. The van der Waals surface area contributed by atoms with E-state index in [1.165, 1.54) is 0 Å². The minimum atomic E-state index is -3.87. The Balaban J connectivity index is -0.000000233. The van der Waals surface area contributed by atoms with E-state index in [0.717, 1.165) is 36.1 Å². The minimum absolute atomic E-state index is 0. The molecule has 0 aromatic heterocycles. The standard InChI is InChI=1S/2C14H21N3O3.C10H18NO8P.C9H18N2O3S.3CO2.CH4/c2*1-10(2-7-13(18)19)17-14(20)16-9-8-11-3-5-12(15)6-4-11;11-7(10(16)17)3-4-20(18,19)5-6(9(14)15)1-2-8(12)13;1-7(3-4-8(12)13)11-9(14)10-5-2-6-15;3*2-1-3;/h2*3-6,10H,2,7-9,15H2,1H3,(H,18,19)(H2,16,17,20);6-7H,1-5,11H2,(H,12,13)(H,14,15)(H,16,17)(H,18,19);7,15H,2-6H2,1H3,(H,12,13)(H2,10,11,14);;;;1H4/t2*10-;;7-;;;;/m11.1..../s1. The Morgan fingerprint density at radius 1 is 0.518 bits per heavy atom. The van der Waals surface area contributed by atoms with Crippen molar-refractivity contribution in [1.82, 2.24) is 31.9 Å². The van der Waals surface area contributed by atoms with Crippen molar-refractivity contribution < 1.29 is 112 Å². The van der Waals surface area contributed by atoms with Crippen LogP contribution in [0.25, 0.3) is 0 Å². The van der Waals surface area contributed by atoms with Crippen LogP contribution in [0.4, 0.5) is 25.8 Å². The molecule has 0 heterocycles. The molecule has 6 amide bonds. The zero-order valence-electron chi connectivity index (χ0n) is 46.5. The van der Waals surface area contributed by atoms with Crippen molar-refractivity contribution in [3.05, 3.63) is 59.7 Å². The molecule has 32 nitrogen and oxygen atoms in total. The van der Waals surface area contributed by atoms with Crippen molar-refractivity contribution in [3.8, 4) is 0 Å². The highest BCUT2D eigenvalue weighted by Crippen LogP contribution is 2.44. The molecule has 2 aromatic rings. The molecule has 3 unspecified atom stereocenters. The lowest BCUT2D eigenvalue weighted by atomic mass is 10.1. The monoisotopic (exact) mass is 1250 g/mol. The molecule has 0 fully saturated rings. The summed E-state index contributed by atoms with van der Waals surface area (Å²) in [6.07, 6.45) is 2.49. The number of carbonyl (C=O) groups is 9. The quantitative estimate of drug-likeness (QED) is 0.0222. The van der Waals surface area contributed by atoms with Gasteiger partial charge in [-0.2, -0.15) is 41.4 Å². The summed E-state index contributed by atoms with van der Waals surface area (Å²) in [6.45, 7) is 6.95. The Kier molecular flexibility index (Phi) is 57.5. The molecule has 2 aromatic carbocycles. The average molecular weight is 1250 g/mol. The normalized spacial score (nSPS) is 11.8. The number of thiol groups is 1. The fourth-order valence-electron chi connectivity index (χ4n) is 5.84. The van der Waals surface area contributed by atoms with Gasteiger partial charge in [-0.25, -0.2) is 14.4 Å². The maximum Gasteiger partial charge on any atom is 0.373 e. The van der Waals surface area contributed by atoms with Gasteiger partial charge < -0.3 is 84.6 Å². The largest absolute Gasteiger partial charge is 0.481 e. The van der Waals surface area contributed by atoms with E-state index < -0.39 is 73.9 Å². The number of rotatable bonds is 31. The summed E-state index contributed by atoms with van der Waals surface area (Å²) in [4.78, 5) is 155. The van der Waals surface area contributed by atoms with Gasteiger partial charge in [-0.15, -0.1) is 0 Å². The maximum absolute atomic E-state index is 11.8. The van der Waals surface area contributed by atoms with Gasteiger partial charge in [0.15, 0.2) is 0 Å². The second kappa shape index (κ2) is 55.8. The topological polar surface area (TPSA) is 565 Å². The van der Waals surface area contributed by atoms with E-state index in [1.807, 2.05) is 48.5 Å². The van der Waals surface area contributed by atoms with Gasteiger partial charge >= 0.3 is 72.4 Å². The number of benzene rings is 2. The molecule has 0 aliphatic carbocycles. The number of hydrogen-bond donors (Lipinski definition) is 17. The smallest absolute Gasteiger partial charge is 0.373 e. The first-order valence-electron chi connectivity index (χ1n) is 25.1. The molecule has 19 N–H and O–H groups in total. The van der Waals surface area contributed by atoms with Crippen LogP contribution >= 0.6 is 20.0 Å². The van der Waals surface area contributed by atoms with Crippen molar-refractivity contribution in [2.75, 3.05) is 49.2 Å². The van der Waals surface area contributed by atoms with Crippen LogP contribution in [0.1, 0.15) is 104 Å². The number of nitrogen functional groups attached to an aromatic ring is 2. The molecule has 0 bridgehead atoms. The van der Waals surface area contributed by atoms with Crippen LogP contribution in [0.15, 0.2) is 48.5 Å². The van der Waals surface area contributed by atoms with Gasteiger partial charge in [0, 0.05) is 87.1 Å². The van der Waals surface area contributed by atoms with Gasteiger partial charge in [0.05, 0.1) is 5.92 Å². The fraction of sp³-hybridized carbons (Fsp3) is 0.529. The maximum atomic E-state index is 11.8. The first kappa shape index (κ1) is 87.5. The average Bonchev–Trinajstić information content (AvgIpc) is 3.47. The number of urea groups is 3. The molecule has 85 heavy (non-hydrogen) atoms. The zero-order valence-corrected chi connectivity index (χ0v) is 48.3. The van der Waals surface area contributed by atoms with E-state index in [4.69, 9.17) is 76.6 Å². The van der Waals surface area contributed by atoms with Crippen molar-refractivity contribution in [2.24, 2.45) is 11.7 Å². The molecular weight excluding hydrogens is 1170 g/mol. The van der Waals surface area contributed by atoms with Crippen molar-refractivity contribution in [1.29, 1.82) is 0 Å². The lowest BCUT2D eigenvalue weighted by molar-refractivity contribution is -0.193. The summed E-state index contributed by atoms with van der Waals surface area (Å²) in [5.74, 6) is -6.97.